The van der Waals surface area contributed by atoms with E-state index in [0.29, 0.717) is 24.2 Å². The molecule has 0 atom stereocenters. The van der Waals surface area contributed by atoms with Gasteiger partial charge < -0.3 is 16.0 Å². The summed E-state index contributed by atoms with van der Waals surface area (Å²) < 4.78 is 0. The van der Waals surface area contributed by atoms with Crippen LogP contribution in [0, 0.1) is 6.92 Å². The third-order valence-corrected chi connectivity index (χ3v) is 2.74. The first-order valence-electron chi connectivity index (χ1n) is 5.79. The third-order valence-electron chi connectivity index (χ3n) is 2.74. The largest absolute Gasteiger partial charge is 0.398 e. The fourth-order valence-electron chi connectivity index (χ4n) is 1.61. The van der Waals surface area contributed by atoms with Gasteiger partial charge in [0.05, 0.1) is 0 Å². The molecule has 18 heavy (non-hydrogen) atoms. The molecule has 0 unspecified atom stereocenters. The number of benzene rings is 1. The number of rotatable bonds is 4. The maximum Gasteiger partial charge on any atom is 0.251 e. The Labute approximate surface area is 105 Å². The molecule has 0 saturated heterocycles. The van der Waals surface area contributed by atoms with E-state index in [0.717, 1.165) is 11.4 Å². The minimum absolute atomic E-state index is 0.117. The number of nitrogens with one attached hydrogen (secondary N) is 2. The molecule has 4 N–H and O–H groups in total. The van der Waals surface area contributed by atoms with Gasteiger partial charge in [-0.1, -0.05) is 6.07 Å². The van der Waals surface area contributed by atoms with Crippen LogP contribution in [0.1, 0.15) is 21.7 Å². The summed E-state index contributed by atoms with van der Waals surface area (Å²) in [5.41, 5.74) is 7.96. The number of aromatic amines is 1. The Bertz CT molecular complexity index is 534. The number of H-pyrrole nitrogens is 1. The van der Waals surface area contributed by atoms with Crippen molar-refractivity contribution >= 4 is 11.6 Å². The van der Waals surface area contributed by atoms with E-state index in [1.165, 1.54) is 0 Å². The van der Waals surface area contributed by atoms with Crippen molar-refractivity contribution < 1.29 is 4.79 Å². The SMILES string of the molecule is Cc1ccc(C(=O)NCCc2ncc[nH]2)cc1N. The van der Waals surface area contributed by atoms with Gasteiger partial charge in [0, 0.05) is 36.6 Å². The molecular formula is C13H16N4O. The number of aryl methyl sites for hydroxylation is 1. The van der Waals surface area contributed by atoms with Crippen molar-refractivity contribution in [2.24, 2.45) is 0 Å². The number of hydrogen-bond acceptors (Lipinski definition) is 3. The van der Waals surface area contributed by atoms with Crippen LogP contribution in [0.3, 0.4) is 0 Å². The van der Waals surface area contributed by atoms with Gasteiger partial charge in [-0.2, -0.15) is 0 Å². The minimum Gasteiger partial charge on any atom is -0.398 e. The Morgan fingerprint density at radius 3 is 3.00 bits per heavy atom. The summed E-state index contributed by atoms with van der Waals surface area (Å²) in [6.07, 6.45) is 4.13. The summed E-state index contributed by atoms with van der Waals surface area (Å²) >= 11 is 0. The van der Waals surface area contributed by atoms with Crippen LogP contribution in [-0.2, 0) is 6.42 Å². The third kappa shape index (κ3) is 2.88. The molecule has 2 rings (SSSR count). The Morgan fingerprint density at radius 1 is 1.50 bits per heavy atom. The van der Waals surface area contributed by atoms with E-state index >= 15 is 0 Å². The molecule has 0 radical (unpaired) electrons. The maximum atomic E-state index is 11.8. The fourth-order valence-corrected chi connectivity index (χ4v) is 1.61. The van der Waals surface area contributed by atoms with Crippen molar-refractivity contribution in [2.45, 2.75) is 13.3 Å². The molecule has 2 aromatic rings. The van der Waals surface area contributed by atoms with Gasteiger partial charge in [0.15, 0.2) is 0 Å². The molecule has 1 amide bonds. The first-order chi connectivity index (χ1) is 8.66. The molecule has 0 bridgehead atoms. The number of amides is 1. The van der Waals surface area contributed by atoms with Crippen molar-refractivity contribution in [3.05, 3.63) is 47.5 Å². The Morgan fingerprint density at radius 2 is 2.33 bits per heavy atom. The van der Waals surface area contributed by atoms with Crippen molar-refractivity contribution in [3.63, 3.8) is 0 Å². The smallest absolute Gasteiger partial charge is 0.251 e. The van der Waals surface area contributed by atoms with Crippen molar-refractivity contribution in [3.8, 4) is 0 Å². The van der Waals surface area contributed by atoms with Crippen LogP contribution in [0.4, 0.5) is 5.69 Å². The monoisotopic (exact) mass is 244 g/mol. The van der Waals surface area contributed by atoms with Crippen molar-refractivity contribution in [2.75, 3.05) is 12.3 Å². The van der Waals surface area contributed by atoms with Gasteiger partial charge >= 0.3 is 0 Å². The number of nitrogen functional groups attached to an aromatic ring is 1. The minimum atomic E-state index is -0.117. The molecule has 0 aliphatic rings. The van der Waals surface area contributed by atoms with E-state index in [9.17, 15) is 4.79 Å². The van der Waals surface area contributed by atoms with Gasteiger partial charge in [-0.15, -0.1) is 0 Å². The number of anilines is 1. The first-order valence-corrected chi connectivity index (χ1v) is 5.79. The molecule has 1 heterocycles. The van der Waals surface area contributed by atoms with E-state index in [2.05, 4.69) is 15.3 Å². The number of carbonyl (C=O) groups is 1. The first kappa shape index (κ1) is 12.2. The number of nitrogens with zero attached hydrogens (tertiary/aromatic N) is 1. The molecule has 0 fully saturated rings. The Hall–Kier alpha value is -2.30. The highest BCUT2D eigenvalue weighted by molar-refractivity contribution is 5.95. The van der Waals surface area contributed by atoms with E-state index in [-0.39, 0.29) is 5.91 Å². The second kappa shape index (κ2) is 5.35. The van der Waals surface area contributed by atoms with Crippen LogP contribution in [-0.4, -0.2) is 22.4 Å². The zero-order valence-corrected chi connectivity index (χ0v) is 10.2. The lowest BCUT2D eigenvalue weighted by atomic mass is 10.1. The molecule has 0 aliphatic heterocycles. The number of imidazole rings is 1. The maximum absolute atomic E-state index is 11.8. The summed E-state index contributed by atoms with van der Waals surface area (Å²) in [5, 5.41) is 2.83. The summed E-state index contributed by atoms with van der Waals surface area (Å²) in [4.78, 5) is 18.9. The Balaban J connectivity index is 1.89. The normalized spacial score (nSPS) is 10.3. The van der Waals surface area contributed by atoms with Crippen molar-refractivity contribution in [1.82, 2.24) is 15.3 Å². The number of aromatic nitrogens is 2. The lowest BCUT2D eigenvalue weighted by molar-refractivity contribution is 0.0954. The van der Waals surface area contributed by atoms with Crippen LogP contribution >= 0.6 is 0 Å². The van der Waals surface area contributed by atoms with Crippen LogP contribution in [0.15, 0.2) is 30.6 Å². The van der Waals surface area contributed by atoms with E-state index in [1.54, 1.807) is 24.5 Å². The molecule has 5 heteroatoms. The molecule has 0 saturated carbocycles. The van der Waals surface area contributed by atoms with Gasteiger partial charge in [0.1, 0.15) is 5.82 Å². The highest BCUT2D eigenvalue weighted by Gasteiger charge is 2.06. The summed E-state index contributed by atoms with van der Waals surface area (Å²) in [7, 11) is 0. The fraction of sp³-hybridized carbons (Fsp3) is 0.231. The van der Waals surface area contributed by atoms with E-state index in [1.807, 2.05) is 13.0 Å². The predicted octanol–water partition coefficient (Wildman–Crippen LogP) is 1.27. The van der Waals surface area contributed by atoms with Gasteiger partial charge in [-0.3, -0.25) is 4.79 Å². The highest BCUT2D eigenvalue weighted by atomic mass is 16.1. The zero-order chi connectivity index (χ0) is 13.0. The van der Waals surface area contributed by atoms with Crippen LogP contribution < -0.4 is 11.1 Å². The second-order valence-electron chi connectivity index (χ2n) is 4.11. The quantitative estimate of drug-likeness (QED) is 0.708. The summed E-state index contributed by atoms with van der Waals surface area (Å²) in [5.74, 6) is 0.743. The predicted molar refractivity (Wildman–Crippen MR) is 70.2 cm³/mol. The zero-order valence-electron chi connectivity index (χ0n) is 10.2. The number of nitrogens with two attached hydrogens (primary N) is 1. The average Bonchev–Trinajstić information content (AvgIpc) is 2.85. The second-order valence-corrected chi connectivity index (χ2v) is 4.11. The van der Waals surface area contributed by atoms with E-state index < -0.39 is 0 Å². The average molecular weight is 244 g/mol. The lowest BCUT2D eigenvalue weighted by Gasteiger charge is -2.06. The van der Waals surface area contributed by atoms with Gasteiger partial charge in [0.25, 0.3) is 5.91 Å². The molecule has 0 spiro atoms. The molecular weight excluding hydrogens is 228 g/mol. The van der Waals surface area contributed by atoms with Gasteiger partial charge in [-0.05, 0) is 24.6 Å². The summed E-state index contributed by atoms with van der Waals surface area (Å²) in [6, 6.07) is 5.31. The van der Waals surface area contributed by atoms with Gasteiger partial charge in [-0.25, -0.2) is 4.98 Å². The molecule has 0 aliphatic carbocycles. The van der Waals surface area contributed by atoms with E-state index in [4.69, 9.17) is 5.73 Å². The topological polar surface area (TPSA) is 83.8 Å². The van der Waals surface area contributed by atoms with Crippen molar-refractivity contribution in [1.29, 1.82) is 0 Å². The molecule has 94 valence electrons. The van der Waals surface area contributed by atoms with Gasteiger partial charge in [0.2, 0.25) is 0 Å². The molecule has 1 aromatic carbocycles. The Kier molecular flexibility index (Phi) is 3.62. The van der Waals surface area contributed by atoms with Crippen LogP contribution in [0.25, 0.3) is 0 Å². The van der Waals surface area contributed by atoms with Crippen LogP contribution in [0.5, 0.6) is 0 Å². The summed E-state index contributed by atoms with van der Waals surface area (Å²) in [6.45, 7) is 2.45. The number of carbonyl (C=O) groups excluding carboxylic acids is 1. The highest BCUT2D eigenvalue weighted by Crippen LogP contribution is 2.12. The lowest BCUT2D eigenvalue weighted by Crippen LogP contribution is -2.26. The molecule has 5 nitrogen and oxygen atoms in total. The number of hydrogen-bond donors (Lipinski definition) is 3. The standard InChI is InChI=1S/C13H16N4O/c1-9-2-3-10(8-11(9)14)13(18)17-5-4-12-15-6-7-16-12/h2-3,6-8H,4-5,14H2,1H3,(H,15,16)(H,17,18). The van der Waals surface area contributed by atoms with Crippen LogP contribution in [0.2, 0.25) is 0 Å². The molecule has 1 aromatic heterocycles.